The third-order valence-electron chi connectivity index (χ3n) is 2.31. The molecule has 0 amide bonds. The highest BCUT2D eigenvalue weighted by molar-refractivity contribution is 5.91. The van der Waals surface area contributed by atoms with Gasteiger partial charge in [0.2, 0.25) is 0 Å². The molecular weight excluding hydrogens is 148 g/mol. The summed E-state index contributed by atoms with van der Waals surface area (Å²) in [5, 5.41) is 0. The normalized spacial score (nSPS) is 24.5. The van der Waals surface area contributed by atoms with Crippen LogP contribution in [-0.2, 0) is 4.79 Å². The molecular formula is C11H18O. The van der Waals surface area contributed by atoms with E-state index in [0.29, 0.717) is 17.6 Å². The minimum absolute atomic E-state index is 0.324. The molecule has 0 radical (unpaired) electrons. The summed E-state index contributed by atoms with van der Waals surface area (Å²) in [6.07, 6.45) is 4.90. The third-order valence-corrected chi connectivity index (χ3v) is 2.31. The van der Waals surface area contributed by atoms with Crippen LogP contribution >= 0.6 is 0 Å². The molecule has 1 nitrogen and oxygen atoms in total. The van der Waals surface area contributed by atoms with E-state index in [4.69, 9.17) is 0 Å². The fourth-order valence-electron chi connectivity index (χ4n) is 2.04. The maximum absolute atomic E-state index is 11.2. The van der Waals surface area contributed by atoms with Crippen LogP contribution in [0.3, 0.4) is 0 Å². The van der Waals surface area contributed by atoms with Crippen molar-refractivity contribution < 1.29 is 4.79 Å². The Balaban J connectivity index is 2.50. The van der Waals surface area contributed by atoms with Crippen molar-refractivity contribution in [3.05, 3.63) is 11.6 Å². The quantitative estimate of drug-likeness (QED) is 0.616. The summed E-state index contributed by atoms with van der Waals surface area (Å²) >= 11 is 0. The minimum Gasteiger partial charge on any atom is -0.295 e. The highest BCUT2D eigenvalue weighted by Crippen LogP contribution is 2.27. The maximum Gasteiger partial charge on any atom is 0.155 e. The smallest absolute Gasteiger partial charge is 0.155 e. The van der Waals surface area contributed by atoms with Crippen LogP contribution < -0.4 is 0 Å². The minimum atomic E-state index is 0.324. The first-order valence-corrected chi connectivity index (χ1v) is 4.78. The number of carbonyl (C=O) groups is 1. The molecule has 68 valence electrons. The van der Waals surface area contributed by atoms with Crippen LogP contribution in [-0.4, -0.2) is 5.78 Å². The van der Waals surface area contributed by atoms with Crippen LogP contribution in [0.4, 0.5) is 0 Å². The molecule has 0 saturated carbocycles. The van der Waals surface area contributed by atoms with E-state index >= 15 is 0 Å². The number of allylic oxidation sites excluding steroid dienone is 2. The maximum atomic E-state index is 11.2. The first-order valence-electron chi connectivity index (χ1n) is 4.78. The molecule has 0 spiro atoms. The largest absolute Gasteiger partial charge is 0.295 e. The van der Waals surface area contributed by atoms with E-state index in [1.165, 1.54) is 12.0 Å². The number of carbonyl (C=O) groups excluding carboxylic acids is 1. The second kappa shape index (κ2) is 3.88. The van der Waals surface area contributed by atoms with Crippen molar-refractivity contribution in [2.24, 2.45) is 11.8 Å². The van der Waals surface area contributed by atoms with Crippen LogP contribution in [0.2, 0.25) is 0 Å². The predicted molar refractivity (Wildman–Crippen MR) is 50.9 cm³/mol. The summed E-state index contributed by atoms with van der Waals surface area (Å²) in [6, 6.07) is 0. The Bertz CT molecular complexity index is 201. The lowest BCUT2D eigenvalue weighted by atomic mass is 9.83. The molecule has 1 rings (SSSR count). The van der Waals surface area contributed by atoms with E-state index in [1.807, 2.05) is 0 Å². The SMILES string of the molecule is CC1=CC(=O)CC(CC(C)C)C1. The Kier molecular flexibility index (Phi) is 3.07. The van der Waals surface area contributed by atoms with Gasteiger partial charge in [-0.05, 0) is 37.7 Å². The van der Waals surface area contributed by atoms with E-state index in [0.717, 1.165) is 12.8 Å². The van der Waals surface area contributed by atoms with Crippen molar-refractivity contribution in [2.45, 2.75) is 40.0 Å². The Hall–Kier alpha value is -0.590. The van der Waals surface area contributed by atoms with Gasteiger partial charge in [0.15, 0.2) is 5.78 Å². The van der Waals surface area contributed by atoms with Crippen LogP contribution in [0.1, 0.15) is 40.0 Å². The van der Waals surface area contributed by atoms with Gasteiger partial charge in [0.25, 0.3) is 0 Å². The van der Waals surface area contributed by atoms with Crippen molar-refractivity contribution >= 4 is 5.78 Å². The number of hydrogen-bond acceptors (Lipinski definition) is 1. The Morgan fingerprint density at radius 2 is 2.17 bits per heavy atom. The van der Waals surface area contributed by atoms with Crippen molar-refractivity contribution in [1.29, 1.82) is 0 Å². The molecule has 12 heavy (non-hydrogen) atoms. The van der Waals surface area contributed by atoms with E-state index in [2.05, 4.69) is 20.8 Å². The van der Waals surface area contributed by atoms with Crippen LogP contribution in [0.25, 0.3) is 0 Å². The summed E-state index contributed by atoms with van der Waals surface area (Å²) in [7, 11) is 0. The molecule has 0 aromatic carbocycles. The molecule has 0 saturated heterocycles. The predicted octanol–water partition coefficient (Wildman–Crippen LogP) is 2.96. The fourth-order valence-corrected chi connectivity index (χ4v) is 2.04. The number of rotatable bonds is 2. The van der Waals surface area contributed by atoms with Crippen LogP contribution in [0.5, 0.6) is 0 Å². The van der Waals surface area contributed by atoms with E-state index < -0.39 is 0 Å². The van der Waals surface area contributed by atoms with Gasteiger partial charge in [0.1, 0.15) is 0 Å². The summed E-state index contributed by atoms with van der Waals surface area (Å²) in [6.45, 7) is 6.50. The molecule has 0 fully saturated rings. The lowest BCUT2D eigenvalue weighted by Gasteiger charge is -2.21. The zero-order chi connectivity index (χ0) is 9.14. The van der Waals surface area contributed by atoms with E-state index in [1.54, 1.807) is 6.08 Å². The molecule has 1 unspecified atom stereocenters. The van der Waals surface area contributed by atoms with Gasteiger partial charge in [0.05, 0.1) is 0 Å². The molecule has 0 aliphatic heterocycles. The van der Waals surface area contributed by atoms with Crippen molar-refractivity contribution in [1.82, 2.24) is 0 Å². The second-order valence-corrected chi connectivity index (χ2v) is 4.36. The summed E-state index contributed by atoms with van der Waals surface area (Å²) in [5.74, 6) is 1.65. The van der Waals surface area contributed by atoms with Gasteiger partial charge in [-0.3, -0.25) is 4.79 Å². The van der Waals surface area contributed by atoms with Gasteiger partial charge < -0.3 is 0 Å². The van der Waals surface area contributed by atoms with Crippen molar-refractivity contribution in [3.63, 3.8) is 0 Å². The number of ketones is 1. The molecule has 1 aliphatic rings. The van der Waals surface area contributed by atoms with Gasteiger partial charge >= 0.3 is 0 Å². The Morgan fingerprint density at radius 1 is 1.50 bits per heavy atom. The first-order chi connectivity index (χ1) is 5.58. The van der Waals surface area contributed by atoms with Gasteiger partial charge in [0, 0.05) is 6.42 Å². The topological polar surface area (TPSA) is 17.1 Å². The summed E-state index contributed by atoms with van der Waals surface area (Å²) in [4.78, 5) is 11.2. The van der Waals surface area contributed by atoms with Crippen molar-refractivity contribution in [2.75, 3.05) is 0 Å². The Labute approximate surface area is 74.9 Å². The molecule has 0 heterocycles. The monoisotopic (exact) mass is 166 g/mol. The van der Waals surface area contributed by atoms with Crippen LogP contribution in [0.15, 0.2) is 11.6 Å². The zero-order valence-corrected chi connectivity index (χ0v) is 8.26. The fraction of sp³-hybridized carbons (Fsp3) is 0.727. The molecule has 1 atom stereocenters. The average Bonchev–Trinajstić information content (AvgIpc) is 1.81. The van der Waals surface area contributed by atoms with Gasteiger partial charge in [-0.15, -0.1) is 0 Å². The van der Waals surface area contributed by atoms with E-state index in [9.17, 15) is 4.79 Å². The lowest BCUT2D eigenvalue weighted by molar-refractivity contribution is -0.116. The standard InChI is InChI=1S/C11H18O/c1-8(2)4-10-5-9(3)6-11(12)7-10/h6,8,10H,4-5,7H2,1-3H3. The third kappa shape index (κ3) is 2.80. The average molecular weight is 166 g/mol. The molecule has 0 N–H and O–H groups in total. The molecule has 0 bridgehead atoms. The van der Waals surface area contributed by atoms with Gasteiger partial charge in [-0.25, -0.2) is 0 Å². The highest BCUT2D eigenvalue weighted by atomic mass is 16.1. The number of hydrogen-bond donors (Lipinski definition) is 0. The van der Waals surface area contributed by atoms with Gasteiger partial charge in [-0.1, -0.05) is 19.4 Å². The Morgan fingerprint density at radius 3 is 2.67 bits per heavy atom. The van der Waals surface area contributed by atoms with Crippen LogP contribution in [0, 0.1) is 11.8 Å². The highest BCUT2D eigenvalue weighted by Gasteiger charge is 2.19. The molecule has 0 aromatic rings. The van der Waals surface area contributed by atoms with E-state index in [-0.39, 0.29) is 0 Å². The lowest BCUT2D eigenvalue weighted by Crippen LogP contribution is -2.14. The first kappa shape index (κ1) is 9.50. The van der Waals surface area contributed by atoms with Crippen molar-refractivity contribution in [3.8, 4) is 0 Å². The summed E-state index contributed by atoms with van der Waals surface area (Å²) in [5.41, 5.74) is 1.26. The molecule has 1 aliphatic carbocycles. The van der Waals surface area contributed by atoms with Gasteiger partial charge in [-0.2, -0.15) is 0 Å². The molecule has 1 heteroatoms. The molecule has 0 aromatic heterocycles. The zero-order valence-electron chi connectivity index (χ0n) is 8.26. The second-order valence-electron chi connectivity index (χ2n) is 4.36. The summed E-state index contributed by atoms with van der Waals surface area (Å²) < 4.78 is 0.